The Bertz CT molecular complexity index is 1300. The zero-order valence-electron chi connectivity index (χ0n) is 21.2. The minimum atomic E-state index is -0.579. The summed E-state index contributed by atoms with van der Waals surface area (Å²) in [6.45, 7) is 10.9. The third-order valence-corrected chi connectivity index (χ3v) is 6.93. The molecule has 5 rings (SSSR count). The van der Waals surface area contributed by atoms with Crippen molar-refractivity contribution in [3.63, 3.8) is 0 Å². The van der Waals surface area contributed by atoms with Crippen LogP contribution >= 0.6 is 0 Å². The van der Waals surface area contributed by atoms with Crippen molar-refractivity contribution >= 4 is 17.3 Å². The first-order chi connectivity index (χ1) is 17.8. The van der Waals surface area contributed by atoms with Crippen LogP contribution in [0, 0.1) is 16.7 Å². The van der Waals surface area contributed by atoms with E-state index in [9.17, 15) is 15.2 Å². The highest BCUT2D eigenvalue weighted by molar-refractivity contribution is 5.85. The van der Waals surface area contributed by atoms with Crippen LogP contribution in [0.15, 0.2) is 36.8 Å². The minimum absolute atomic E-state index is 0.0564. The SMILES string of the molecule is CC(C)(CN1CCNCC1)C(=O)ON1CCN(c2ccc(-c3cc(O)cn4ncc(C#N)c34)cn2)CC1. The van der Waals surface area contributed by atoms with Gasteiger partial charge in [-0.1, -0.05) is 0 Å². The highest BCUT2D eigenvalue weighted by Gasteiger charge is 2.34. The van der Waals surface area contributed by atoms with E-state index >= 15 is 0 Å². The van der Waals surface area contributed by atoms with E-state index in [-0.39, 0.29) is 11.7 Å². The Morgan fingerprint density at radius 1 is 1.16 bits per heavy atom. The molecular weight excluding hydrogens is 472 g/mol. The van der Waals surface area contributed by atoms with Crippen LogP contribution in [0.2, 0.25) is 0 Å². The summed E-state index contributed by atoms with van der Waals surface area (Å²) >= 11 is 0. The van der Waals surface area contributed by atoms with Crippen molar-refractivity contribution in [2.45, 2.75) is 13.8 Å². The molecule has 0 aromatic carbocycles. The van der Waals surface area contributed by atoms with E-state index in [1.807, 2.05) is 26.0 Å². The summed E-state index contributed by atoms with van der Waals surface area (Å²) in [6.07, 6.45) is 4.70. The van der Waals surface area contributed by atoms with E-state index in [2.05, 4.69) is 31.3 Å². The number of hydrogen-bond donors (Lipinski definition) is 2. The molecule has 0 bridgehead atoms. The number of aromatic nitrogens is 3. The Hall–Kier alpha value is -3.72. The van der Waals surface area contributed by atoms with E-state index in [0.29, 0.717) is 49.4 Å². The number of pyridine rings is 2. The monoisotopic (exact) mass is 504 g/mol. The van der Waals surface area contributed by atoms with Crippen LogP contribution in [0.1, 0.15) is 19.4 Å². The number of carbonyl (C=O) groups excluding carboxylic acids is 1. The van der Waals surface area contributed by atoms with E-state index in [1.165, 1.54) is 16.9 Å². The third kappa shape index (κ3) is 5.36. The summed E-state index contributed by atoms with van der Waals surface area (Å²) in [5.74, 6) is 0.677. The molecule has 3 aromatic heterocycles. The molecule has 0 spiro atoms. The molecule has 2 fully saturated rings. The molecule has 2 saturated heterocycles. The first-order valence-corrected chi connectivity index (χ1v) is 12.6. The molecule has 194 valence electrons. The van der Waals surface area contributed by atoms with Crippen molar-refractivity contribution in [1.29, 1.82) is 5.26 Å². The Morgan fingerprint density at radius 2 is 1.92 bits per heavy atom. The van der Waals surface area contributed by atoms with Gasteiger partial charge in [-0.2, -0.15) is 10.4 Å². The van der Waals surface area contributed by atoms with Gasteiger partial charge in [-0.3, -0.25) is 4.90 Å². The lowest BCUT2D eigenvalue weighted by Gasteiger charge is -2.37. The lowest BCUT2D eigenvalue weighted by atomic mass is 9.93. The van der Waals surface area contributed by atoms with Gasteiger partial charge in [0.05, 0.1) is 42.0 Å². The number of nitrogens with zero attached hydrogens (tertiary/aromatic N) is 7. The normalized spacial score (nSPS) is 17.6. The molecule has 0 saturated carbocycles. The number of hydroxylamine groups is 2. The predicted molar refractivity (Wildman–Crippen MR) is 138 cm³/mol. The number of fused-ring (bicyclic) bond motifs is 1. The van der Waals surface area contributed by atoms with Gasteiger partial charge in [-0.25, -0.2) is 14.3 Å². The molecule has 2 aliphatic rings. The second kappa shape index (κ2) is 10.3. The molecular formula is C26H32N8O3. The zero-order valence-corrected chi connectivity index (χ0v) is 21.2. The maximum Gasteiger partial charge on any atom is 0.331 e. The predicted octanol–water partition coefficient (Wildman–Crippen LogP) is 1.49. The van der Waals surface area contributed by atoms with Crippen molar-refractivity contribution in [1.82, 2.24) is 29.9 Å². The maximum absolute atomic E-state index is 12.9. The summed E-state index contributed by atoms with van der Waals surface area (Å²) in [5, 5.41) is 28.8. The number of aromatic hydroxyl groups is 1. The Morgan fingerprint density at radius 3 is 2.59 bits per heavy atom. The maximum atomic E-state index is 12.9. The number of nitrogens with one attached hydrogen (secondary N) is 1. The molecule has 0 atom stereocenters. The van der Waals surface area contributed by atoms with Gasteiger partial charge in [0.1, 0.15) is 17.6 Å². The summed E-state index contributed by atoms with van der Waals surface area (Å²) in [5.41, 5.74) is 1.95. The van der Waals surface area contributed by atoms with Gasteiger partial charge in [-0.15, -0.1) is 5.06 Å². The molecule has 0 radical (unpaired) electrons. The summed E-state index contributed by atoms with van der Waals surface area (Å²) in [7, 11) is 0. The van der Waals surface area contributed by atoms with Crippen molar-refractivity contribution < 1.29 is 14.7 Å². The van der Waals surface area contributed by atoms with E-state index in [0.717, 1.165) is 37.6 Å². The summed E-state index contributed by atoms with van der Waals surface area (Å²) in [4.78, 5) is 27.8. The Labute approximate surface area is 215 Å². The second-order valence-corrected chi connectivity index (χ2v) is 10.2. The minimum Gasteiger partial charge on any atom is -0.506 e. The quantitative estimate of drug-likeness (QED) is 0.510. The molecule has 0 unspecified atom stereocenters. The van der Waals surface area contributed by atoms with E-state index < -0.39 is 5.41 Å². The number of nitriles is 1. The van der Waals surface area contributed by atoms with Gasteiger partial charge in [0.15, 0.2) is 0 Å². The van der Waals surface area contributed by atoms with Crippen molar-refractivity contribution in [2.75, 3.05) is 63.8 Å². The third-order valence-electron chi connectivity index (χ3n) is 6.93. The highest BCUT2D eigenvalue weighted by Crippen LogP contribution is 2.31. The zero-order chi connectivity index (χ0) is 26.0. The lowest BCUT2D eigenvalue weighted by molar-refractivity contribution is -0.203. The van der Waals surface area contributed by atoms with Gasteiger partial charge in [0.2, 0.25) is 0 Å². The average molecular weight is 505 g/mol. The molecule has 0 amide bonds. The Balaban J connectivity index is 1.20. The van der Waals surface area contributed by atoms with Gasteiger partial charge in [0, 0.05) is 63.1 Å². The van der Waals surface area contributed by atoms with Crippen LogP contribution in [0.5, 0.6) is 5.75 Å². The average Bonchev–Trinajstić information content (AvgIpc) is 3.32. The number of carbonyl (C=O) groups is 1. The lowest BCUT2D eigenvalue weighted by Crippen LogP contribution is -2.51. The first kappa shape index (κ1) is 25.0. The van der Waals surface area contributed by atoms with Crippen molar-refractivity contribution in [2.24, 2.45) is 5.41 Å². The van der Waals surface area contributed by atoms with Crippen LogP contribution in [0.3, 0.4) is 0 Å². The summed E-state index contributed by atoms with van der Waals surface area (Å²) in [6, 6.07) is 7.62. The number of rotatable bonds is 6. The standard InChI is InChI=1S/C26H32N8O3/c1-26(2,18-31-7-5-28-6-8-31)25(36)37-33-11-9-32(10-12-33)23-4-3-19(15-29-23)22-13-21(35)17-34-24(22)20(14-27)16-30-34/h3-4,13,15-17,28,35H,5-12,18H2,1-2H3. The number of piperazine rings is 2. The molecule has 11 nitrogen and oxygen atoms in total. The second-order valence-electron chi connectivity index (χ2n) is 10.2. The van der Waals surface area contributed by atoms with Crippen LogP contribution < -0.4 is 10.2 Å². The van der Waals surface area contributed by atoms with Crippen LogP contribution in [-0.2, 0) is 9.63 Å². The smallest absolute Gasteiger partial charge is 0.331 e. The molecule has 37 heavy (non-hydrogen) atoms. The number of hydrogen-bond acceptors (Lipinski definition) is 10. The van der Waals surface area contributed by atoms with Crippen molar-refractivity contribution in [3.8, 4) is 22.9 Å². The fraction of sp³-hybridized carbons (Fsp3) is 0.462. The van der Waals surface area contributed by atoms with Crippen LogP contribution in [-0.4, -0.2) is 94.5 Å². The molecule has 0 aliphatic carbocycles. The molecule has 11 heteroatoms. The molecule has 2 aliphatic heterocycles. The largest absolute Gasteiger partial charge is 0.506 e. The van der Waals surface area contributed by atoms with Gasteiger partial charge in [-0.05, 0) is 32.0 Å². The van der Waals surface area contributed by atoms with Gasteiger partial charge >= 0.3 is 5.97 Å². The molecule has 5 heterocycles. The Kier molecular flexibility index (Phi) is 6.97. The fourth-order valence-corrected chi connectivity index (χ4v) is 4.88. The highest BCUT2D eigenvalue weighted by atomic mass is 16.7. The fourth-order valence-electron chi connectivity index (χ4n) is 4.88. The van der Waals surface area contributed by atoms with Crippen molar-refractivity contribution in [3.05, 3.63) is 42.4 Å². The van der Waals surface area contributed by atoms with Gasteiger partial charge < -0.3 is 20.2 Å². The van der Waals surface area contributed by atoms with Gasteiger partial charge in [0.25, 0.3) is 0 Å². The molecule has 3 aromatic rings. The molecule has 2 N–H and O–H groups in total. The van der Waals surface area contributed by atoms with Crippen LogP contribution in [0.25, 0.3) is 16.6 Å². The first-order valence-electron chi connectivity index (χ1n) is 12.6. The number of anilines is 1. The summed E-state index contributed by atoms with van der Waals surface area (Å²) < 4.78 is 1.50. The van der Waals surface area contributed by atoms with E-state index in [4.69, 9.17) is 4.84 Å². The topological polar surface area (TPSA) is 122 Å². The van der Waals surface area contributed by atoms with Crippen LogP contribution in [0.4, 0.5) is 5.82 Å². The van der Waals surface area contributed by atoms with E-state index in [1.54, 1.807) is 17.3 Å².